The first kappa shape index (κ1) is 25.4. The lowest BCUT2D eigenvalue weighted by molar-refractivity contribution is -0.147. The Hall–Kier alpha value is -0.570. The number of aliphatic hydroxyl groups is 1. The van der Waals surface area contributed by atoms with Gasteiger partial charge in [0, 0.05) is 11.8 Å². The predicted octanol–water partition coefficient (Wildman–Crippen LogP) is 6.67. The third-order valence-electron chi connectivity index (χ3n) is 4.96. The number of carbonyl (C=O) groups excluding carboxylic acids is 1. The molecule has 0 saturated heterocycles. The second kappa shape index (κ2) is 16.6. The van der Waals surface area contributed by atoms with Gasteiger partial charge in [-0.05, 0) is 12.3 Å². The molecule has 0 aromatic carbocycles. The molecule has 0 radical (unpaired) electrons. The second-order valence-electron chi connectivity index (χ2n) is 9.16. The van der Waals surface area contributed by atoms with Gasteiger partial charge in [-0.2, -0.15) is 0 Å². The molecule has 3 heteroatoms. The molecule has 0 aromatic rings. The molecule has 0 rings (SSSR count). The van der Waals surface area contributed by atoms with E-state index in [4.69, 9.17) is 9.84 Å². The number of carbonyl (C=O) groups is 1. The highest BCUT2D eigenvalue weighted by Crippen LogP contribution is 2.16. The van der Waals surface area contributed by atoms with Crippen molar-refractivity contribution in [3.05, 3.63) is 0 Å². The van der Waals surface area contributed by atoms with Crippen LogP contribution in [0.2, 0.25) is 0 Å². The summed E-state index contributed by atoms with van der Waals surface area (Å²) in [6.07, 6.45) is 17.6. The maximum atomic E-state index is 11.6. The molecule has 26 heavy (non-hydrogen) atoms. The first-order valence-corrected chi connectivity index (χ1v) is 11.1. The highest BCUT2D eigenvalue weighted by atomic mass is 16.5. The summed E-state index contributed by atoms with van der Waals surface area (Å²) in [5.41, 5.74) is -0.330. The van der Waals surface area contributed by atoms with Crippen LogP contribution in [0.1, 0.15) is 118 Å². The smallest absolute Gasteiger partial charge is 0.305 e. The molecule has 0 aliphatic rings. The predicted molar refractivity (Wildman–Crippen MR) is 111 cm³/mol. The van der Waals surface area contributed by atoms with Crippen LogP contribution in [0.3, 0.4) is 0 Å². The summed E-state index contributed by atoms with van der Waals surface area (Å²) in [6.45, 7) is 8.76. The van der Waals surface area contributed by atoms with Crippen LogP contribution >= 0.6 is 0 Å². The highest BCUT2D eigenvalue weighted by Gasteiger charge is 2.18. The topological polar surface area (TPSA) is 46.5 Å². The quantitative estimate of drug-likeness (QED) is 0.216. The van der Waals surface area contributed by atoms with Crippen LogP contribution in [0.25, 0.3) is 0 Å². The maximum absolute atomic E-state index is 11.6. The summed E-state index contributed by atoms with van der Waals surface area (Å²) in [5.74, 6) is 0.735. The largest absolute Gasteiger partial charge is 0.465 e. The molecule has 0 saturated carbocycles. The lowest BCUT2D eigenvalue weighted by atomic mass is 9.96. The second-order valence-corrected chi connectivity index (χ2v) is 9.16. The van der Waals surface area contributed by atoms with E-state index in [1.165, 1.54) is 70.6 Å². The Morgan fingerprint density at radius 1 is 0.808 bits per heavy atom. The standard InChI is InChI=1S/C23H46O3/c1-21(2)17-15-13-11-9-7-5-6-8-10-12-14-16-18-22(25)26-20-23(3,4)19-24/h21,24H,5-20H2,1-4H3. The molecule has 0 spiro atoms. The molecule has 0 unspecified atom stereocenters. The van der Waals surface area contributed by atoms with Crippen LogP contribution in [0, 0.1) is 11.3 Å². The molecule has 3 nitrogen and oxygen atoms in total. The number of aliphatic hydroxyl groups excluding tert-OH is 1. The van der Waals surface area contributed by atoms with Crippen LogP contribution in [0.5, 0.6) is 0 Å². The van der Waals surface area contributed by atoms with Crippen molar-refractivity contribution < 1.29 is 14.6 Å². The van der Waals surface area contributed by atoms with E-state index in [-0.39, 0.29) is 18.0 Å². The van der Waals surface area contributed by atoms with E-state index in [1.54, 1.807) is 0 Å². The Balaban J connectivity index is 3.23. The summed E-state index contributed by atoms with van der Waals surface area (Å²) >= 11 is 0. The third-order valence-corrected chi connectivity index (χ3v) is 4.96. The number of ether oxygens (including phenoxy) is 1. The van der Waals surface area contributed by atoms with E-state index < -0.39 is 0 Å². The van der Waals surface area contributed by atoms with Gasteiger partial charge in [0.2, 0.25) is 0 Å². The molecule has 0 aliphatic heterocycles. The van der Waals surface area contributed by atoms with Gasteiger partial charge < -0.3 is 9.84 Å². The van der Waals surface area contributed by atoms with Crippen molar-refractivity contribution in [3.63, 3.8) is 0 Å². The third kappa shape index (κ3) is 18.2. The molecular weight excluding hydrogens is 324 g/mol. The average molecular weight is 371 g/mol. The first-order chi connectivity index (χ1) is 12.4. The van der Waals surface area contributed by atoms with Gasteiger partial charge in [-0.25, -0.2) is 0 Å². The molecule has 0 atom stereocenters. The van der Waals surface area contributed by atoms with Crippen LogP contribution in [-0.4, -0.2) is 24.3 Å². The molecule has 0 amide bonds. The van der Waals surface area contributed by atoms with Crippen molar-refractivity contribution >= 4 is 5.97 Å². The van der Waals surface area contributed by atoms with Crippen LogP contribution in [0.15, 0.2) is 0 Å². The summed E-state index contributed by atoms with van der Waals surface area (Å²) in [5, 5.41) is 9.13. The van der Waals surface area contributed by atoms with Crippen molar-refractivity contribution in [2.24, 2.45) is 11.3 Å². The molecular formula is C23H46O3. The van der Waals surface area contributed by atoms with Gasteiger partial charge in [0.05, 0.1) is 13.2 Å². The fourth-order valence-electron chi connectivity index (χ4n) is 2.98. The Bertz CT molecular complexity index is 323. The number of hydrogen-bond acceptors (Lipinski definition) is 3. The lowest BCUT2D eigenvalue weighted by Gasteiger charge is -2.20. The zero-order valence-electron chi connectivity index (χ0n) is 18.2. The normalized spacial score (nSPS) is 11.9. The number of hydrogen-bond donors (Lipinski definition) is 1. The Morgan fingerprint density at radius 2 is 1.23 bits per heavy atom. The van der Waals surface area contributed by atoms with Crippen LogP contribution in [-0.2, 0) is 9.53 Å². The number of esters is 1. The Kier molecular flexibility index (Phi) is 16.2. The Morgan fingerprint density at radius 3 is 1.65 bits per heavy atom. The van der Waals surface area contributed by atoms with Gasteiger partial charge in [-0.15, -0.1) is 0 Å². The maximum Gasteiger partial charge on any atom is 0.305 e. The molecule has 0 bridgehead atoms. The van der Waals surface area contributed by atoms with Crippen molar-refractivity contribution in [1.82, 2.24) is 0 Å². The first-order valence-electron chi connectivity index (χ1n) is 11.1. The molecule has 1 N–H and O–H groups in total. The molecule has 0 aliphatic carbocycles. The molecule has 156 valence electrons. The van der Waals surface area contributed by atoms with Crippen molar-refractivity contribution in [2.45, 2.75) is 118 Å². The monoisotopic (exact) mass is 370 g/mol. The highest BCUT2D eigenvalue weighted by molar-refractivity contribution is 5.69. The van der Waals surface area contributed by atoms with Gasteiger partial charge in [0.1, 0.15) is 0 Å². The van der Waals surface area contributed by atoms with E-state index in [1.807, 2.05) is 13.8 Å². The summed E-state index contributed by atoms with van der Waals surface area (Å²) in [4.78, 5) is 11.6. The molecule has 0 heterocycles. The van der Waals surface area contributed by atoms with E-state index in [0.29, 0.717) is 13.0 Å². The minimum absolute atomic E-state index is 0.0401. The SMILES string of the molecule is CC(C)CCCCCCCCCCCCCCC(=O)OCC(C)(C)CO. The minimum atomic E-state index is -0.330. The van der Waals surface area contributed by atoms with Gasteiger partial charge in [-0.3, -0.25) is 4.79 Å². The van der Waals surface area contributed by atoms with Crippen molar-refractivity contribution in [2.75, 3.05) is 13.2 Å². The van der Waals surface area contributed by atoms with E-state index in [2.05, 4.69) is 13.8 Å². The van der Waals surface area contributed by atoms with Crippen LogP contribution in [0.4, 0.5) is 0 Å². The minimum Gasteiger partial charge on any atom is -0.465 e. The summed E-state index contributed by atoms with van der Waals surface area (Å²) in [6, 6.07) is 0. The lowest BCUT2D eigenvalue weighted by Crippen LogP contribution is -2.25. The number of unbranched alkanes of at least 4 members (excludes halogenated alkanes) is 11. The number of rotatable bonds is 18. The van der Waals surface area contributed by atoms with Crippen LogP contribution < -0.4 is 0 Å². The van der Waals surface area contributed by atoms with Gasteiger partial charge in [-0.1, -0.05) is 105 Å². The van der Waals surface area contributed by atoms with Crippen molar-refractivity contribution in [3.8, 4) is 0 Å². The molecule has 0 aromatic heterocycles. The molecule has 0 fully saturated rings. The van der Waals surface area contributed by atoms with Gasteiger partial charge in [0.15, 0.2) is 0 Å². The zero-order chi connectivity index (χ0) is 19.7. The average Bonchev–Trinajstić information content (AvgIpc) is 2.60. The van der Waals surface area contributed by atoms with Gasteiger partial charge >= 0.3 is 5.97 Å². The fourth-order valence-corrected chi connectivity index (χ4v) is 2.98. The summed E-state index contributed by atoms with van der Waals surface area (Å²) < 4.78 is 5.22. The van der Waals surface area contributed by atoms with E-state index in [9.17, 15) is 4.79 Å². The fraction of sp³-hybridized carbons (Fsp3) is 0.957. The summed E-state index contributed by atoms with van der Waals surface area (Å²) in [7, 11) is 0. The Labute approximate surface area is 163 Å². The van der Waals surface area contributed by atoms with E-state index in [0.717, 1.165) is 18.8 Å². The van der Waals surface area contributed by atoms with Crippen molar-refractivity contribution in [1.29, 1.82) is 0 Å². The van der Waals surface area contributed by atoms with E-state index >= 15 is 0 Å². The zero-order valence-corrected chi connectivity index (χ0v) is 18.2. The van der Waals surface area contributed by atoms with Gasteiger partial charge in [0.25, 0.3) is 0 Å².